The second kappa shape index (κ2) is 10.3. The highest BCUT2D eigenvalue weighted by atomic mass is 16.5. The van der Waals surface area contributed by atoms with Crippen molar-refractivity contribution in [2.24, 2.45) is 0 Å². The van der Waals surface area contributed by atoms with Gasteiger partial charge in [0.05, 0.1) is 19.8 Å². The molecule has 2 aromatic carbocycles. The molecule has 0 aliphatic carbocycles. The normalized spacial score (nSPS) is 21.0. The first-order chi connectivity index (χ1) is 15.2. The lowest BCUT2D eigenvalue weighted by molar-refractivity contribution is -0.139. The van der Waals surface area contributed by atoms with Crippen molar-refractivity contribution < 1.29 is 19.1 Å². The summed E-state index contributed by atoms with van der Waals surface area (Å²) in [6, 6.07) is 18.8. The van der Waals surface area contributed by atoms with E-state index in [0.29, 0.717) is 45.8 Å². The van der Waals surface area contributed by atoms with Crippen LogP contribution in [0.1, 0.15) is 12.0 Å². The summed E-state index contributed by atoms with van der Waals surface area (Å²) in [5.41, 5.74) is 1.16. The van der Waals surface area contributed by atoms with Crippen LogP contribution in [0.15, 0.2) is 60.7 Å². The first kappa shape index (κ1) is 21.2. The van der Waals surface area contributed by atoms with E-state index in [9.17, 15) is 9.59 Å². The number of carbonyl (C=O) groups is 2. The van der Waals surface area contributed by atoms with Crippen LogP contribution in [0.5, 0.6) is 5.75 Å². The molecule has 0 bridgehead atoms. The number of rotatable bonds is 6. The molecule has 0 radical (unpaired) electrons. The number of hydrogen-bond acceptors (Lipinski definition) is 4. The van der Waals surface area contributed by atoms with E-state index in [4.69, 9.17) is 9.47 Å². The van der Waals surface area contributed by atoms with Crippen molar-refractivity contribution in [1.82, 2.24) is 15.1 Å². The van der Waals surface area contributed by atoms with Gasteiger partial charge >= 0.3 is 6.03 Å². The Morgan fingerprint density at radius 2 is 1.68 bits per heavy atom. The molecular weight excluding hydrogens is 394 g/mol. The lowest BCUT2D eigenvalue weighted by Gasteiger charge is -2.32. The monoisotopic (exact) mass is 423 g/mol. The molecule has 2 aliphatic heterocycles. The zero-order valence-corrected chi connectivity index (χ0v) is 17.6. The smallest absolute Gasteiger partial charge is 0.318 e. The Hall–Kier alpha value is -3.06. The highest BCUT2D eigenvalue weighted by Gasteiger charge is 2.42. The molecule has 164 valence electrons. The number of urea groups is 1. The predicted octanol–water partition coefficient (Wildman–Crippen LogP) is 2.32. The summed E-state index contributed by atoms with van der Waals surface area (Å²) < 4.78 is 11.5. The average molecular weight is 424 g/mol. The van der Waals surface area contributed by atoms with Gasteiger partial charge in [-0.3, -0.25) is 4.79 Å². The minimum Gasteiger partial charge on any atom is -0.488 e. The van der Waals surface area contributed by atoms with Gasteiger partial charge in [-0.05, 0) is 24.1 Å². The predicted molar refractivity (Wildman–Crippen MR) is 117 cm³/mol. The van der Waals surface area contributed by atoms with Crippen LogP contribution in [-0.2, 0) is 16.0 Å². The van der Waals surface area contributed by atoms with Gasteiger partial charge in [0, 0.05) is 26.1 Å². The van der Waals surface area contributed by atoms with Crippen molar-refractivity contribution in [3.8, 4) is 5.75 Å². The maximum absolute atomic E-state index is 13.2. The molecule has 1 N–H and O–H groups in total. The Morgan fingerprint density at radius 3 is 2.39 bits per heavy atom. The van der Waals surface area contributed by atoms with Gasteiger partial charge in [0.15, 0.2) is 0 Å². The topological polar surface area (TPSA) is 71.1 Å². The first-order valence-corrected chi connectivity index (χ1v) is 10.9. The van der Waals surface area contributed by atoms with E-state index in [-0.39, 0.29) is 18.0 Å². The second-order valence-corrected chi connectivity index (χ2v) is 7.86. The van der Waals surface area contributed by atoms with Crippen molar-refractivity contribution in [1.29, 1.82) is 0 Å². The van der Waals surface area contributed by atoms with E-state index < -0.39 is 6.04 Å². The minimum atomic E-state index is -0.525. The second-order valence-electron chi connectivity index (χ2n) is 7.86. The van der Waals surface area contributed by atoms with Gasteiger partial charge in [-0.1, -0.05) is 48.5 Å². The molecular formula is C24H29N3O4. The number of benzene rings is 2. The molecule has 4 rings (SSSR count). The fourth-order valence-corrected chi connectivity index (χ4v) is 4.09. The molecule has 2 aromatic rings. The van der Waals surface area contributed by atoms with Gasteiger partial charge in [-0.15, -0.1) is 0 Å². The van der Waals surface area contributed by atoms with E-state index in [1.807, 2.05) is 60.7 Å². The number of likely N-dealkylation sites (tertiary alicyclic amines) is 1. The summed E-state index contributed by atoms with van der Waals surface area (Å²) in [4.78, 5) is 29.6. The fourth-order valence-electron chi connectivity index (χ4n) is 4.09. The van der Waals surface area contributed by atoms with Crippen molar-refractivity contribution >= 4 is 11.9 Å². The van der Waals surface area contributed by atoms with Crippen LogP contribution < -0.4 is 10.1 Å². The van der Waals surface area contributed by atoms with E-state index in [0.717, 1.165) is 17.7 Å². The average Bonchev–Trinajstić information content (AvgIpc) is 3.24. The molecule has 7 heteroatoms. The SMILES string of the molecule is O=C([C@H]1C[C@H](Oc2ccccc2)CN1C(=O)NCCc1ccccc1)N1CCOCC1. The molecule has 0 saturated carbocycles. The largest absolute Gasteiger partial charge is 0.488 e. The standard InChI is InChI=1S/C24H29N3O4/c28-23(26-13-15-30-16-14-26)22-17-21(31-20-9-5-2-6-10-20)18-27(22)24(29)25-12-11-19-7-3-1-4-8-19/h1-10,21-22H,11-18H2,(H,25,29)/t21-,22+/m0/s1. The van der Waals surface area contributed by atoms with Crippen molar-refractivity contribution in [2.75, 3.05) is 39.4 Å². The third-order valence-electron chi connectivity index (χ3n) is 5.71. The van der Waals surface area contributed by atoms with Gasteiger partial charge in [-0.2, -0.15) is 0 Å². The number of amides is 3. The van der Waals surface area contributed by atoms with E-state index in [1.165, 1.54) is 0 Å². The number of para-hydroxylation sites is 1. The summed E-state index contributed by atoms with van der Waals surface area (Å²) in [6.07, 6.45) is 1.00. The van der Waals surface area contributed by atoms with E-state index in [1.54, 1.807) is 9.80 Å². The molecule has 7 nitrogen and oxygen atoms in total. The zero-order valence-electron chi connectivity index (χ0n) is 17.6. The van der Waals surface area contributed by atoms with Gasteiger partial charge in [0.2, 0.25) is 5.91 Å². The number of hydrogen-bond donors (Lipinski definition) is 1. The van der Waals surface area contributed by atoms with Crippen LogP contribution in [0.2, 0.25) is 0 Å². The molecule has 3 amide bonds. The molecule has 2 heterocycles. The number of nitrogens with one attached hydrogen (secondary N) is 1. The highest BCUT2D eigenvalue weighted by Crippen LogP contribution is 2.25. The Bertz CT molecular complexity index is 856. The zero-order chi connectivity index (χ0) is 21.5. The third kappa shape index (κ3) is 5.55. The molecule has 0 spiro atoms. The first-order valence-electron chi connectivity index (χ1n) is 10.9. The molecule has 2 aliphatic rings. The quantitative estimate of drug-likeness (QED) is 0.774. The van der Waals surface area contributed by atoms with Crippen molar-refractivity contribution in [3.63, 3.8) is 0 Å². The fraction of sp³-hybridized carbons (Fsp3) is 0.417. The Labute approximate surface area is 182 Å². The number of nitrogens with zero attached hydrogens (tertiary/aromatic N) is 2. The van der Waals surface area contributed by atoms with E-state index >= 15 is 0 Å². The van der Waals surface area contributed by atoms with Gasteiger partial charge < -0.3 is 24.6 Å². The molecule has 0 aromatic heterocycles. The highest BCUT2D eigenvalue weighted by molar-refractivity contribution is 5.88. The van der Waals surface area contributed by atoms with E-state index in [2.05, 4.69) is 5.32 Å². The molecule has 2 atom stereocenters. The van der Waals surface area contributed by atoms with Crippen LogP contribution in [0.25, 0.3) is 0 Å². The third-order valence-corrected chi connectivity index (χ3v) is 5.71. The Kier molecular flexibility index (Phi) is 7.04. The van der Waals surface area contributed by atoms with Crippen LogP contribution in [0, 0.1) is 0 Å². The van der Waals surface area contributed by atoms with Crippen molar-refractivity contribution in [2.45, 2.75) is 25.0 Å². The summed E-state index contributed by atoms with van der Waals surface area (Å²) in [5, 5.41) is 2.98. The maximum Gasteiger partial charge on any atom is 0.318 e. The number of carbonyl (C=O) groups excluding carboxylic acids is 2. The van der Waals surface area contributed by atoms with Crippen LogP contribution in [0.4, 0.5) is 4.79 Å². The Balaban J connectivity index is 1.40. The van der Waals surface area contributed by atoms with Crippen LogP contribution in [0.3, 0.4) is 0 Å². The van der Waals surface area contributed by atoms with Gasteiger partial charge in [0.1, 0.15) is 17.9 Å². The summed E-state index contributed by atoms with van der Waals surface area (Å²) >= 11 is 0. The molecule has 2 saturated heterocycles. The molecule has 0 unspecified atom stereocenters. The lowest BCUT2D eigenvalue weighted by Crippen LogP contribution is -2.53. The van der Waals surface area contributed by atoms with Crippen molar-refractivity contribution in [3.05, 3.63) is 66.2 Å². The van der Waals surface area contributed by atoms with Crippen LogP contribution >= 0.6 is 0 Å². The number of ether oxygens (including phenoxy) is 2. The lowest BCUT2D eigenvalue weighted by atomic mass is 10.1. The minimum absolute atomic E-state index is 0.0272. The molecule has 2 fully saturated rings. The maximum atomic E-state index is 13.2. The summed E-state index contributed by atoms with van der Waals surface area (Å²) in [7, 11) is 0. The summed E-state index contributed by atoms with van der Waals surface area (Å²) in [5.74, 6) is 0.720. The molecule has 31 heavy (non-hydrogen) atoms. The summed E-state index contributed by atoms with van der Waals surface area (Å²) in [6.45, 7) is 3.08. The van der Waals surface area contributed by atoms with Gasteiger partial charge in [-0.25, -0.2) is 4.79 Å². The Morgan fingerprint density at radius 1 is 1.00 bits per heavy atom. The number of morpholine rings is 1. The van der Waals surface area contributed by atoms with Gasteiger partial charge in [0.25, 0.3) is 0 Å². The van der Waals surface area contributed by atoms with Crippen LogP contribution in [-0.4, -0.2) is 73.3 Å².